The van der Waals surface area contributed by atoms with E-state index in [1.807, 2.05) is 0 Å². The van der Waals surface area contributed by atoms with Gasteiger partial charge in [0, 0.05) is 37.8 Å². The molecule has 1 fully saturated rings. The zero-order valence-corrected chi connectivity index (χ0v) is 15.8. The van der Waals surface area contributed by atoms with Gasteiger partial charge in [-0.2, -0.15) is 4.31 Å². The van der Waals surface area contributed by atoms with Crippen LogP contribution in [0.25, 0.3) is 0 Å². The number of carbonyl (C=O) groups is 1. The number of hydrogen-bond donors (Lipinski definition) is 1. The highest BCUT2D eigenvalue weighted by atomic mass is 35.5. The number of hydrogen-bond acceptors (Lipinski definition) is 4. The first kappa shape index (κ1) is 20.9. The molecule has 0 aromatic heterocycles. The van der Waals surface area contributed by atoms with Crippen LogP contribution in [-0.4, -0.2) is 55.8 Å². The summed E-state index contributed by atoms with van der Waals surface area (Å²) < 4.78 is 26.5. The summed E-state index contributed by atoms with van der Waals surface area (Å²) in [5.74, 6) is -0.156. The number of carbonyl (C=O) groups excluding carboxylic acids is 1. The van der Waals surface area contributed by atoms with Gasteiger partial charge in [0.2, 0.25) is 10.0 Å². The minimum Gasteiger partial charge on any atom is -0.337 e. The van der Waals surface area contributed by atoms with E-state index in [0.29, 0.717) is 31.7 Å². The van der Waals surface area contributed by atoms with Crippen LogP contribution in [0, 0.1) is 0 Å². The van der Waals surface area contributed by atoms with Crippen molar-refractivity contribution in [1.29, 1.82) is 0 Å². The van der Waals surface area contributed by atoms with Crippen LogP contribution in [0.2, 0.25) is 0 Å². The molecule has 1 aromatic rings. The minimum atomic E-state index is -3.56. The normalized spacial score (nSPS) is 18.3. The molecular weight excluding hydrogens is 350 g/mol. The highest BCUT2D eigenvalue weighted by Crippen LogP contribution is 2.19. The van der Waals surface area contributed by atoms with E-state index >= 15 is 0 Å². The molecule has 0 radical (unpaired) electrons. The molecule has 2 N–H and O–H groups in total. The summed E-state index contributed by atoms with van der Waals surface area (Å²) in [6, 6.07) is 6.27. The molecule has 0 aliphatic carbocycles. The number of likely N-dealkylation sites (tertiary alicyclic amines) is 1. The smallest absolute Gasteiger partial charge is 0.253 e. The summed E-state index contributed by atoms with van der Waals surface area (Å²) >= 11 is 0. The average Bonchev–Trinajstić information content (AvgIpc) is 2.55. The molecule has 1 aliphatic rings. The molecule has 136 valence electrons. The number of nitrogens with two attached hydrogens (primary N) is 1. The lowest BCUT2D eigenvalue weighted by atomic mass is 10.1. The van der Waals surface area contributed by atoms with Gasteiger partial charge >= 0.3 is 0 Å². The number of amides is 1. The number of piperidine rings is 1. The summed E-state index contributed by atoms with van der Waals surface area (Å²) in [5, 5.41) is 0. The third-order valence-corrected chi connectivity index (χ3v) is 6.22. The first-order chi connectivity index (χ1) is 10.9. The van der Waals surface area contributed by atoms with Crippen LogP contribution in [0.5, 0.6) is 0 Å². The quantitative estimate of drug-likeness (QED) is 0.848. The van der Waals surface area contributed by atoms with Crippen LogP contribution in [0.15, 0.2) is 29.2 Å². The molecule has 0 saturated carbocycles. The fourth-order valence-corrected chi connectivity index (χ4v) is 4.38. The predicted octanol–water partition coefficient (Wildman–Crippen LogP) is 1.70. The summed E-state index contributed by atoms with van der Waals surface area (Å²) in [6.45, 7) is 5.58. The Labute approximate surface area is 150 Å². The fourth-order valence-electron chi connectivity index (χ4n) is 2.88. The van der Waals surface area contributed by atoms with Crippen molar-refractivity contribution >= 4 is 28.3 Å². The van der Waals surface area contributed by atoms with Gasteiger partial charge in [-0.1, -0.05) is 19.9 Å². The van der Waals surface area contributed by atoms with Gasteiger partial charge in [0.15, 0.2) is 0 Å². The van der Waals surface area contributed by atoms with E-state index in [-0.39, 0.29) is 29.3 Å². The molecule has 1 unspecified atom stereocenters. The van der Waals surface area contributed by atoms with Crippen LogP contribution in [0.4, 0.5) is 0 Å². The Morgan fingerprint density at radius 3 is 2.58 bits per heavy atom. The van der Waals surface area contributed by atoms with Gasteiger partial charge in [0.05, 0.1) is 4.90 Å². The average molecular weight is 376 g/mol. The molecular formula is C16H26ClN3O3S. The monoisotopic (exact) mass is 375 g/mol. The van der Waals surface area contributed by atoms with Gasteiger partial charge in [-0.3, -0.25) is 4.79 Å². The second-order valence-electron chi connectivity index (χ2n) is 5.77. The molecule has 0 bridgehead atoms. The third kappa shape index (κ3) is 4.47. The molecule has 24 heavy (non-hydrogen) atoms. The van der Waals surface area contributed by atoms with Crippen molar-refractivity contribution in [1.82, 2.24) is 9.21 Å². The Morgan fingerprint density at radius 2 is 2.00 bits per heavy atom. The lowest BCUT2D eigenvalue weighted by Crippen LogP contribution is -2.45. The van der Waals surface area contributed by atoms with E-state index in [4.69, 9.17) is 5.73 Å². The van der Waals surface area contributed by atoms with Crippen molar-refractivity contribution < 1.29 is 13.2 Å². The minimum absolute atomic E-state index is 0. The van der Waals surface area contributed by atoms with E-state index in [0.717, 1.165) is 12.8 Å². The van der Waals surface area contributed by atoms with Gasteiger partial charge in [0.1, 0.15) is 0 Å². The Hall–Kier alpha value is -1.15. The van der Waals surface area contributed by atoms with Gasteiger partial charge in [-0.25, -0.2) is 8.42 Å². The first-order valence-electron chi connectivity index (χ1n) is 8.05. The van der Waals surface area contributed by atoms with E-state index in [2.05, 4.69) is 0 Å². The number of nitrogens with zero attached hydrogens (tertiary/aromatic N) is 2. The zero-order valence-electron chi connectivity index (χ0n) is 14.1. The Kier molecular flexibility index (Phi) is 7.66. The van der Waals surface area contributed by atoms with Gasteiger partial charge in [-0.15, -0.1) is 12.4 Å². The van der Waals surface area contributed by atoms with Crippen molar-refractivity contribution in [3.05, 3.63) is 29.8 Å². The Bertz CT molecular complexity index is 662. The molecule has 1 amide bonds. The lowest BCUT2D eigenvalue weighted by molar-refractivity contribution is 0.0708. The second-order valence-corrected chi connectivity index (χ2v) is 7.71. The highest BCUT2D eigenvalue weighted by molar-refractivity contribution is 7.89. The largest absolute Gasteiger partial charge is 0.337 e. The van der Waals surface area contributed by atoms with Crippen molar-refractivity contribution in [3.63, 3.8) is 0 Å². The first-order valence-corrected chi connectivity index (χ1v) is 9.49. The van der Waals surface area contributed by atoms with E-state index < -0.39 is 10.0 Å². The molecule has 1 heterocycles. The zero-order chi connectivity index (χ0) is 17.0. The maximum atomic E-state index is 12.6. The van der Waals surface area contributed by atoms with Crippen LogP contribution in [-0.2, 0) is 10.0 Å². The molecule has 1 aliphatic heterocycles. The van der Waals surface area contributed by atoms with E-state index in [9.17, 15) is 13.2 Å². The topological polar surface area (TPSA) is 83.7 Å². The Morgan fingerprint density at radius 1 is 1.33 bits per heavy atom. The van der Waals surface area contributed by atoms with Crippen LogP contribution >= 0.6 is 12.4 Å². The number of benzene rings is 1. The SMILES string of the molecule is CCN(CC)S(=O)(=O)c1cccc(C(=O)N2CCCC(N)C2)c1.Cl. The van der Waals surface area contributed by atoms with Crippen LogP contribution < -0.4 is 5.73 Å². The number of halogens is 1. The molecule has 8 heteroatoms. The highest BCUT2D eigenvalue weighted by Gasteiger charge is 2.25. The maximum Gasteiger partial charge on any atom is 0.253 e. The van der Waals surface area contributed by atoms with Crippen molar-refractivity contribution in [3.8, 4) is 0 Å². The molecule has 1 aromatic carbocycles. The fraction of sp³-hybridized carbons (Fsp3) is 0.562. The molecule has 6 nitrogen and oxygen atoms in total. The van der Waals surface area contributed by atoms with Crippen LogP contribution in [0.1, 0.15) is 37.0 Å². The van der Waals surface area contributed by atoms with E-state index in [1.165, 1.54) is 16.4 Å². The number of rotatable bonds is 5. The van der Waals surface area contributed by atoms with Crippen molar-refractivity contribution in [2.75, 3.05) is 26.2 Å². The number of sulfonamides is 1. The molecule has 0 spiro atoms. The van der Waals surface area contributed by atoms with Gasteiger partial charge < -0.3 is 10.6 Å². The van der Waals surface area contributed by atoms with Crippen LogP contribution in [0.3, 0.4) is 0 Å². The van der Waals surface area contributed by atoms with Crippen molar-refractivity contribution in [2.45, 2.75) is 37.6 Å². The molecule has 1 saturated heterocycles. The summed E-state index contributed by atoms with van der Waals surface area (Å²) in [6.07, 6.45) is 1.80. The van der Waals surface area contributed by atoms with E-state index in [1.54, 1.807) is 30.9 Å². The molecule has 2 rings (SSSR count). The lowest BCUT2D eigenvalue weighted by Gasteiger charge is -2.31. The standard InChI is InChI=1S/C16H25N3O3S.ClH/c1-3-19(4-2)23(21,22)15-9-5-7-13(11-15)16(20)18-10-6-8-14(17)12-18;/h5,7,9,11,14H,3-4,6,8,10,12,17H2,1-2H3;1H. The van der Waals surface area contributed by atoms with Crippen molar-refractivity contribution in [2.24, 2.45) is 5.73 Å². The molecule has 1 atom stereocenters. The summed E-state index contributed by atoms with van der Waals surface area (Å²) in [4.78, 5) is 14.5. The predicted molar refractivity (Wildman–Crippen MR) is 96.9 cm³/mol. The summed E-state index contributed by atoms with van der Waals surface area (Å²) in [7, 11) is -3.56. The third-order valence-electron chi connectivity index (χ3n) is 4.17. The Balaban J connectivity index is 0.00000288. The van der Waals surface area contributed by atoms with Gasteiger partial charge in [0.25, 0.3) is 5.91 Å². The second kappa shape index (κ2) is 8.80. The maximum absolute atomic E-state index is 12.6. The summed E-state index contributed by atoms with van der Waals surface area (Å²) in [5.41, 5.74) is 6.32. The van der Waals surface area contributed by atoms with Gasteiger partial charge in [-0.05, 0) is 31.0 Å².